The van der Waals surface area contributed by atoms with Crippen LogP contribution < -0.4 is 14.8 Å². The Labute approximate surface area is 130 Å². The van der Waals surface area contributed by atoms with Crippen molar-refractivity contribution < 1.29 is 9.47 Å². The Morgan fingerprint density at radius 3 is 2.00 bits per heavy atom. The number of hydrogen-bond acceptors (Lipinski definition) is 3. The summed E-state index contributed by atoms with van der Waals surface area (Å²) in [4.78, 5) is 0. The van der Waals surface area contributed by atoms with Crippen molar-refractivity contribution in [1.29, 1.82) is 0 Å². The number of nitrogens with one attached hydrogen (secondary N) is 1. The van der Waals surface area contributed by atoms with Crippen LogP contribution in [-0.4, -0.2) is 20.8 Å². The minimum absolute atomic E-state index is 0.0660. The predicted octanol–water partition coefficient (Wildman–Crippen LogP) is 4.06. The summed E-state index contributed by atoms with van der Waals surface area (Å²) in [5.41, 5.74) is 2.24. The van der Waals surface area contributed by atoms with Gasteiger partial charge in [0.1, 0.15) is 11.5 Å². The SMILES string of the molecule is CCNC(c1ccc(Cl)cc1)c1cc(OC)cc(OC)c1. The molecule has 0 aliphatic rings. The normalized spacial score (nSPS) is 12.0. The molecule has 0 aromatic heterocycles. The van der Waals surface area contributed by atoms with Crippen LogP contribution in [0.1, 0.15) is 24.1 Å². The lowest BCUT2D eigenvalue weighted by Gasteiger charge is -2.20. The molecule has 0 aliphatic heterocycles. The van der Waals surface area contributed by atoms with Crippen LogP contribution in [0.15, 0.2) is 42.5 Å². The zero-order valence-electron chi connectivity index (χ0n) is 12.5. The molecule has 0 aliphatic carbocycles. The first kappa shape index (κ1) is 15.7. The van der Waals surface area contributed by atoms with Crippen LogP contribution in [0.5, 0.6) is 11.5 Å². The van der Waals surface area contributed by atoms with Crippen molar-refractivity contribution in [2.45, 2.75) is 13.0 Å². The van der Waals surface area contributed by atoms with Crippen LogP contribution in [0.4, 0.5) is 0 Å². The average molecular weight is 306 g/mol. The van der Waals surface area contributed by atoms with Gasteiger partial charge in [0.25, 0.3) is 0 Å². The molecule has 0 saturated carbocycles. The Kier molecular flexibility index (Phi) is 5.48. The highest BCUT2D eigenvalue weighted by molar-refractivity contribution is 6.30. The van der Waals surface area contributed by atoms with Crippen molar-refractivity contribution in [1.82, 2.24) is 5.32 Å². The summed E-state index contributed by atoms with van der Waals surface area (Å²) < 4.78 is 10.7. The first-order chi connectivity index (χ1) is 10.2. The quantitative estimate of drug-likeness (QED) is 0.873. The lowest BCUT2D eigenvalue weighted by Crippen LogP contribution is -2.22. The van der Waals surface area contributed by atoms with Gasteiger partial charge in [-0.25, -0.2) is 0 Å². The highest BCUT2D eigenvalue weighted by Crippen LogP contribution is 2.30. The summed E-state index contributed by atoms with van der Waals surface area (Å²) >= 11 is 5.97. The number of halogens is 1. The van der Waals surface area contributed by atoms with Crippen LogP contribution in [0.3, 0.4) is 0 Å². The zero-order chi connectivity index (χ0) is 15.2. The third-order valence-corrected chi connectivity index (χ3v) is 3.57. The van der Waals surface area contributed by atoms with Crippen LogP contribution in [0, 0.1) is 0 Å². The van der Waals surface area contributed by atoms with Gasteiger partial charge in [0.05, 0.1) is 20.3 Å². The van der Waals surface area contributed by atoms with Crippen LogP contribution >= 0.6 is 11.6 Å². The second-order valence-corrected chi connectivity index (χ2v) is 5.12. The molecule has 1 atom stereocenters. The van der Waals surface area contributed by atoms with Crippen molar-refractivity contribution in [3.05, 3.63) is 58.6 Å². The van der Waals surface area contributed by atoms with E-state index in [-0.39, 0.29) is 6.04 Å². The first-order valence-electron chi connectivity index (χ1n) is 6.89. The molecule has 2 aromatic carbocycles. The number of benzene rings is 2. The summed E-state index contributed by atoms with van der Waals surface area (Å²) in [6, 6.07) is 13.8. The third-order valence-electron chi connectivity index (χ3n) is 3.32. The molecular formula is C17H20ClNO2. The molecule has 1 unspecified atom stereocenters. The summed E-state index contributed by atoms with van der Waals surface area (Å²) in [6.45, 7) is 2.94. The number of hydrogen-bond donors (Lipinski definition) is 1. The van der Waals surface area contributed by atoms with Crippen LogP contribution in [0.2, 0.25) is 5.02 Å². The van der Waals surface area contributed by atoms with E-state index in [1.165, 1.54) is 0 Å². The van der Waals surface area contributed by atoms with Crippen LogP contribution in [0.25, 0.3) is 0 Å². The second-order valence-electron chi connectivity index (χ2n) is 4.69. The van der Waals surface area contributed by atoms with Gasteiger partial charge in [-0.1, -0.05) is 30.7 Å². The van der Waals surface area contributed by atoms with Crippen molar-refractivity contribution >= 4 is 11.6 Å². The molecule has 0 saturated heterocycles. The number of methoxy groups -OCH3 is 2. The molecule has 21 heavy (non-hydrogen) atoms. The maximum atomic E-state index is 5.97. The molecule has 1 N–H and O–H groups in total. The smallest absolute Gasteiger partial charge is 0.122 e. The fourth-order valence-electron chi connectivity index (χ4n) is 2.28. The van der Waals surface area contributed by atoms with Crippen LogP contribution in [-0.2, 0) is 0 Å². The Morgan fingerprint density at radius 1 is 0.952 bits per heavy atom. The van der Waals surface area contributed by atoms with E-state index in [1.807, 2.05) is 42.5 Å². The second kappa shape index (κ2) is 7.34. The topological polar surface area (TPSA) is 30.5 Å². The van der Waals surface area contributed by atoms with Gasteiger partial charge in [0.2, 0.25) is 0 Å². The molecule has 2 rings (SSSR count). The van der Waals surface area contributed by atoms with Crippen molar-refractivity contribution in [3.63, 3.8) is 0 Å². The standard InChI is InChI=1S/C17H20ClNO2/c1-4-19-17(12-5-7-14(18)8-6-12)13-9-15(20-2)11-16(10-13)21-3/h5-11,17,19H,4H2,1-3H3. The Morgan fingerprint density at radius 2 is 1.52 bits per heavy atom. The summed E-state index contributed by atoms with van der Waals surface area (Å²) in [7, 11) is 3.31. The molecular weight excluding hydrogens is 286 g/mol. The largest absolute Gasteiger partial charge is 0.497 e. The van der Waals surface area contributed by atoms with E-state index in [1.54, 1.807) is 14.2 Å². The Bertz CT molecular complexity index is 562. The molecule has 0 heterocycles. The highest BCUT2D eigenvalue weighted by atomic mass is 35.5. The molecule has 0 fully saturated rings. The molecule has 0 amide bonds. The van der Waals surface area contributed by atoms with E-state index in [2.05, 4.69) is 12.2 Å². The summed E-state index contributed by atoms with van der Waals surface area (Å²) in [6.07, 6.45) is 0. The van der Waals surface area contributed by atoms with Gasteiger partial charge in [0, 0.05) is 11.1 Å². The Balaban J connectivity index is 2.44. The average Bonchev–Trinajstić information content (AvgIpc) is 2.53. The monoisotopic (exact) mass is 305 g/mol. The molecule has 0 bridgehead atoms. The van der Waals surface area contributed by atoms with E-state index in [4.69, 9.17) is 21.1 Å². The van der Waals surface area contributed by atoms with Gasteiger partial charge in [-0.05, 0) is 41.9 Å². The molecule has 0 radical (unpaired) electrons. The van der Waals surface area contributed by atoms with Gasteiger partial charge >= 0.3 is 0 Å². The van der Waals surface area contributed by atoms with E-state index in [0.717, 1.165) is 34.2 Å². The molecule has 112 valence electrons. The molecule has 3 nitrogen and oxygen atoms in total. The van der Waals surface area contributed by atoms with Gasteiger partial charge in [0.15, 0.2) is 0 Å². The van der Waals surface area contributed by atoms with Gasteiger partial charge < -0.3 is 14.8 Å². The predicted molar refractivity (Wildman–Crippen MR) is 86.5 cm³/mol. The number of rotatable bonds is 6. The van der Waals surface area contributed by atoms with Gasteiger partial charge in [-0.3, -0.25) is 0 Å². The van der Waals surface area contributed by atoms with E-state index in [9.17, 15) is 0 Å². The lowest BCUT2D eigenvalue weighted by atomic mass is 9.98. The van der Waals surface area contributed by atoms with Gasteiger partial charge in [-0.2, -0.15) is 0 Å². The first-order valence-corrected chi connectivity index (χ1v) is 7.27. The maximum absolute atomic E-state index is 5.97. The minimum Gasteiger partial charge on any atom is -0.497 e. The Hall–Kier alpha value is -1.71. The molecule has 2 aromatic rings. The maximum Gasteiger partial charge on any atom is 0.122 e. The van der Waals surface area contributed by atoms with Crippen molar-refractivity contribution in [3.8, 4) is 11.5 Å². The van der Waals surface area contributed by atoms with Crippen molar-refractivity contribution in [2.75, 3.05) is 20.8 Å². The van der Waals surface area contributed by atoms with Crippen molar-refractivity contribution in [2.24, 2.45) is 0 Å². The fourth-order valence-corrected chi connectivity index (χ4v) is 2.41. The number of ether oxygens (including phenoxy) is 2. The summed E-state index contributed by atoms with van der Waals surface area (Å²) in [5.74, 6) is 1.56. The molecule has 4 heteroatoms. The van der Waals surface area contributed by atoms with E-state index >= 15 is 0 Å². The highest BCUT2D eigenvalue weighted by Gasteiger charge is 2.15. The fraction of sp³-hybridized carbons (Fsp3) is 0.294. The lowest BCUT2D eigenvalue weighted by molar-refractivity contribution is 0.392. The third kappa shape index (κ3) is 3.90. The molecule has 0 spiro atoms. The summed E-state index contributed by atoms with van der Waals surface area (Å²) in [5, 5.41) is 4.22. The van der Waals surface area contributed by atoms with E-state index in [0.29, 0.717) is 0 Å². The minimum atomic E-state index is 0.0660. The van der Waals surface area contributed by atoms with Gasteiger partial charge in [-0.15, -0.1) is 0 Å². The van der Waals surface area contributed by atoms with E-state index < -0.39 is 0 Å². The zero-order valence-corrected chi connectivity index (χ0v) is 13.3.